The number of unbranched alkanes of at least 4 members (excludes halogenated alkanes) is 2. The van der Waals surface area contributed by atoms with E-state index in [0.29, 0.717) is 0 Å². The molecule has 0 aliphatic heterocycles. The van der Waals surface area contributed by atoms with Gasteiger partial charge in [0.15, 0.2) is 5.78 Å². The van der Waals surface area contributed by atoms with Crippen molar-refractivity contribution in [3.05, 3.63) is 60.2 Å². The zero-order valence-electron chi connectivity index (χ0n) is 10.7. The SMILES string of the molecule is CCCCC=CC(=O)c1ccc2ccccc2c1. The summed E-state index contributed by atoms with van der Waals surface area (Å²) in [6, 6.07) is 14.0. The molecule has 0 radical (unpaired) electrons. The Hall–Kier alpha value is -1.89. The number of fused-ring (bicyclic) bond motifs is 1. The molecule has 0 saturated carbocycles. The summed E-state index contributed by atoms with van der Waals surface area (Å²) < 4.78 is 0. The Bertz CT molecular complexity index is 567. The Labute approximate surface area is 108 Å². The molecule has 2 aromatic rings. The minimum atomic E-state index is 0.0943. The molecule has 0 N–H and O–H groups in total. The number of hydrogen-bond acceptors (Lipinski definition) is 1. The van der Waals surface area contributed by atoms with Crippen molar-refractivity contribution in [2.45, 2.75) is 26.2 Å². The van der Waals surface area contributed by atoms with Gasteiger partial charge in [0.25, 0.3) is 0 Å². The van der Waals surface area contributed by atoms with E-state index in [2.05, 4.69) is 13.0 Å². The molecule has 0 aliphatic rings. The molecular formula is C17H18O. The quantitative estimate of drug-likeness (QED) is 0.416. The monoisotopic (exact) mass is 238 g/mol. The molecule has 2 aromatic carbocycles. The second-order valence-electron chi connectivity index (χ2n) is 4.47. The fourth-order valence-electron chi connectivity index (χ4n) is 1.95. The van der Waals surface area contributed by atoms with Crippen LogP contribution in [0.4, 0.5) is 0 Å². The number of carbonyl (C=O) groups is 1. The van der Waals surface area contributed by atoms with E-state index in [4.69, 9.17) is 0 Å². The van der Waals surface area contributed by atoms with Crippen LogP contribution in [0.3, 0.4) is 0 Å². The minimum Gasteiger partial charge on any atom is -0.289 e. The molecule has 18 heavy (non-hydrogen) atoms. The van der Waals surface area contributed by atoms with Crippen LogP contribution < -0.4 is 0 Å². The highest BCUT2D eigenvalue weighted by Crippen LogP contribution is 2.16. The van der Waals surface area contributed by atoms with Gasteiger partial charge in [0.2, 0.25) is 0 Å². The van der Waals surface area contributed by atoms with Crippen molar-refractivity contribution in [2.75, 3.05) is 0 Å². The zero-order chi connectivity index (χ0) is 12.8. The van der Waals surface area contributed by atoms with Crippen LogP contribution in [0.25, 0.3) is 10.8 Å². The lowest BCUT2D eigenvalue weighted by atomic mass is 10.0. The van der Waals surface area contributed by atoms with E-state index in [-0.39, 0.29) is 5.78 Å². The van der Waals surface area contributed by atoms with E-state index in [1.165, 1.54) is 5.39 Å². The number of allylic oxidation sites excluding steroid dienone is 2. The lowest BCUT2D eigenvalue weighted by Crippen LogP contribution is -1.93. The largest absolute Gasteiger partial charge is 0.289 e. The number of hydrogen-bond donors (Lipinski definition) is 0. The molecule has 0 bridgehead atoms. The Morgan fingerprint density at radius 1 is 1.11 bits per heavy atom. The molecule has 0 aliphatic carbocycles. The first-order chi connectivity index (χ1) is 8.81. The van der Waals surface area contributed by atoms with Crippen molar-refractivity contribution in [2.24, 2.45) is 0 Å². The summed E-state index contributed by atoms with van der Waals surface area (Å²) in [6.07, 6.45) is 6.95. The van der Waals surface area contributed by atoms with E-state index in [1.54, 1.807) is 6.08 Å². The van der Waals surface area contributed by atoms with Gasteiger partial charge in [-0.3, -0.25) is 4.79 Å². The van der Waals surface area contributed by atoms with E-state index < -0.39 is 0 Å². The third kappa shape index (κ3) is 3.07. The molecule has 0 amide bonds. The molecule has 1 nitrogen and oxygen atoms in total. The summed E-state index contributed by atoms with van der Waals surface area (Å²) >= 11 is 0. The summed E-state index contributed by atoms with van der Waals surface area (Å²) in [7, 11) is 0. The molecule has 0 atom stereocenters. The highest BCUT2D eigenvalue weighted by molar-refractivity contribution is 6.06. The molecule has 0 fully saturated rings. The van der Waals surface area contributed by atoms with Gasteiger partial charge in [-0.2, -0.15) is 0 Å². The number of ketones is 1. The molecule has 0 unspecified atom stereocenters. The summed E-state index contributed by atoms with van der Waals surface area (Å²) in [6.45, 7) is 2.15. The summed E-state index contributed by atoms with van der Waals surface area (Å²) in [5.41, 5.74) is 0.765. The Morgan fingerprint density at radius 3 is 2.67 bits per heavy atom. The van der Waals surface area contributed by atoms with Gasteiger partial charge in [0.05, 0.1) is 0 Å². The van der Waals surface area contributed by atoms with Crippen molar-refractivity contribution >= 4 is 16.6 Å². The van der Waals surface area contributed by atoms with Gasteiger partial charge in [0, 0.05) is 5.56 Å². The van der Waals surface area contributed by atoms with Crippen LogP contribution in [0.1, 0.15) is 36.5 Å². The van der Waals surface area contributed by atoms with Crippen LogP contribution in [0, 0.1) is 0 Å². The lowest BCUT2D eigenvalue weighted by Gasteiger charge is -2.00. The number of benzene rings is 2. The predicted molar refractivity (Wildman–Crippen MR) is 76.9 cm³/mol. The maximum Gasteiger partial charge on any atom is 0.185 e. The fraction of sp³-hybridized carbons (Fsp3) is 0.235. The number of carbonyl (C=O) groups excluding carboxylic acids is 1. The van der Waals surface area contributed by atoms with Crippen molar-refractivity contribution in [3.8, 4) is 0 Å². The van der Waals surface area contributed by atoms with Gasteiger partial charge in [-0.15, -0.1) is 0 Å². The predicted octanol–water partition coefficient (Wildman–Crippen LogP) is 4.77. The van der Waals surface area contributed by atoms with Gasteiger partial charge in [-0.1, -0.05) is 62.2 Å². The third-order valence-corrected chi connectivity index (χ3v) is 3.03. The first kappa shape index (κ1) is 12.6. The van der Waals surface area contributed by atoms with E-state index in [1.807, 2.05) is 42.5 Å². The topological polar surface area (TPSA) is 17.1 Å². The molecule has 0 heterocycles. The van der Waals surface area contributed by atoms with E-state index in [0.717, 1.165) is 30.2 Å². The van der Waals surface area contributed by atoms with Crippen LogP contribution in [0.5, 0.6) is 0 Å². The maximum absolute atomic E-state index is 12.0. The molecule has 1 heteroatoms. The van der Waals surface area contributed by atoms with Crippen molar-refractivity contribution in [1.82, 2.24) is 0 Å². The smallest absolute Gasteiger partial charge is 0.185 e. The summed E-state index contributed by atoms with van der Waals surface area (Å²) in [4.78, 5) is 12.0. The Morgan fingerprint density at radius 2 is 1.89 bits per heavy atom. The molecule has 2 rings (SSSR count). The van der Waals surface area contributed by atoms with Crippen LogP contribution >= 0.6 is 0 Å². The van der Waals surface area contributed by atoms with Gasteiger partial charge >= 0.3 is 0 Å². The third-order valence-electron chi connectivity index (χ3n) is 3.03. The summed E-state index contributed by atoms with van der Waals surface area (Å²) in [5.74, 6) is 0.0943. The highest BCUT2D eigenvalue weighted by Gasteiger charge is 2.02. The molecule has 0 spiro atoms. The van der Waals surface area contributed by atoms with E-state index in [9.17, 15) is 4.79 Å². The molecular weight excluding hydrogens is 220 g/mol. The van der Waals surface area contributed by atoms with Crippen LogP contribution in [0.15, 0.2) is 54.6 Å². The van der Waals surface area contributed by atoms with Gasteiger partial charge in [-0.05, 0) is 29.3 Å². The lowest BCUT2D eigenvalue weighted by molar-refractivity contribution is 0.104. The first-order valence-electron chi connectivity index (χ1n) is 6.51. The maximum atomic E-state index is 12.0. The average Bonchev–Trinajstić information content (AvgIpc) is 2.43. The second-order valence-corrected chi connectivity index (χ2v) is 4.47. The molecule has 92 valence electrons. The number of rotatable bonds is 5. The Balaban J connectivity index is 2.15. The molecule has 0 aromatic heterocycles. The van der Waals surface area contributed by atoms with Crippen molar-refractivity contribution in [1.29, 1.82) is 0 Å². The van der Waals surface area contributed by atoms with Crippen LogP contribution in [0.2, 0.25) is 0 Å². The standard InChI is InChI=1S/C17H18O/c1-2-3-4-5-10-17(18)16-12-11-14-8-6-7-9-15(14)13-16/h5-13H,2-4H2,1H3. The molecule has 0 saturated heterocycles. The van der Waals surface area contributed by atoms with Crippen LogP contribution in [-0.2, 0) is 0 Å². The van der Waals surface area contributed by atoms with Gasteiger partial charge < -0.3 is 0 Å². The zero-order valence-corrected chi connectivity index (χ0v) is 10.7. The normalized spacial score (nSPS) is 11.2. The van der Waals surface area contributed by atoms with Crippen molar-refractivity contribution in [3.63, 3.8) is 0 Å². The van der Waals surface area contributed by atoms with Crippen LogP contribution in [-0.4, -0.2) is 5.78 Å². The Kier molecular flexibility index (Phi) is 4.30. The van der Waals surface area contributed by atoms with Crippen molar-refractivity contribution < 1.29 is 4.79 Å². The highest BCUT2D eigenvalue weighted by atomic mass is 16.1. The minimum absolute atomic E-state index is 0.0943. The second kappa shape index (κ2) is 6.15. The van der Waals surface area contributed by atoms with Gasteiger partial charge in [-0.25, -0.2) is 0 Å². The van der Waals surface area contributed by atoms with E-state index >= 15 is 0 Å². The average molecular weight is 238 g/mol. The van der Waals surface area contributed by atoms with Gasteiger partial charge in [0.1, 0.15) is 0 Å². The first-order valence-corrected chi connectivity index (χ1v) is 6.51. The fourth-order valence-corrected chi connectivity index (χ4v) is 1.95. The summed E-state index contributed by atoms with van der Waals surface area (Å²) in [5, 5.41) is 2.29.